The second kappa shape index (κ2) is 6.72. The molecule has 2 fully saturated rings. The minimum atomic E-state index is -0.507. The Kier molecular flexibility index (Phi) is 4.79. The summed E-state index contributed by atoms with van der Waals surface area (Å²) < 4.78 is 11.4. The van der Waals surface area contributed by atoms with E-state index < -0.39 is 5.79 Å². The zero-order valence-electron chi connectivity index (χ0n) is 15.0. The van der Waals surface area contributed by atoms with Gasteiger partial charge in [-0.3, -0.25) is 14.6 Å². The number of piperidine rings is 1. The highest BCUT2D eigenvalue weighted by molar-refractivity contribution is 5.98. The number of carbonyl (C=O) groups excluding carboxylic acids is 2. The van der Waals surface area contributed by atoms with E-state index in [4.69, 9.17) is 9.47 Å². The van der Waals surface area contributed by atoms with Crippen molar-refractivity contribution < 1.29 is 19.1 Å². The van der Waals surface area contributed by atoms with E-state index in [0.717, 1.165) is 0 Å². The molecule has 1 spiro atoms. The molecule has 0 unspecified atom stereocenters. The first-order valence-corrected chi connectivity index (χ1v) is 8.64. The summed E-state index contributed by atoms with van der Waals surface area (Å²) in [5, 5.41) is 2.85. The van der Waals surface area contributed by atoms with Crippen molar-refractivity contribution in [2.75, 3.05) is 26.3 Å². The normalized spacial score (nSPS) is 19.9. The molecule has 3 heterocycles. The van der Waals surface area contributed by atoms with Crippen molar-refractivity contribution in [1.82, 2.24) is 15.2 Å². The minimum Gasteiger partial charge on any atom is -0.347 e. The van der Waals surface area contributed by atoms with E-state index in [-0.39, 0.29) is 23.0 Å². The molecule has 2 amide bonds. The Morgan fingerprint density at radius 3 is 2.44 bits per heavy atom. The van der Waals surface area contributed by atoms with Gasteiger partial charge in [0.1, 0.15) is 5.69 Å². The van der Waals surface area contributed by atoms with Crippen molar-refractivity contribution >= 4 is 11.8 Å². The van der Waals surface area contributed by atoms with E-state index in [1.807, 2.05) is 20.8 Å². The highest BCUT2D eigenvalue weighted by Crippen LogP contribution is 2.31. The molecular formula is C18H25N3O4. The number of amides is 2. The molecule has 0 bridgehead atoms. The topological polar surface area (TPSA) is 80.8 Å². The maximum atomic E-state index is 12.7. The number of ether oxygens (including phenoxy) is 2. The predicted molar refractivity (Wildman–Crippen MR) is 91.2 cm³/mol. The number of pyridine rings is 1. The van der Waals surface area contributed by atoms with Gasteiger partial charge in [0, 0.05) is 43.2 Å². The quantitative estimate of drug-likeness (QED) is 0.879. The van der Waals surface area contributed by atoms with Gasteiger partial charge in [-0.25, -0.2) is 0 Å². The lowest BCUT2D eigenvalue weighted by atomic mass is 10.0. The maximum Gasteiger partial charge on any atom is 0.270 e. The summed E-state index contributed by atoms with van der Waals surface area (Å²) in [4.78, 5) is 30.9. The van der Waals surface area contributed by atoms with E-state index in [1.165, 1.54) is 6.20 Å². The van der Waals surface area contributed by atoms with Gasteiger partial charge in [-0.05, 0) is 32.9 Å². The van der Waals surface area contributed by atoms with E-state index in [1.54, 1.807) is 17.0 Å². The van der Waals surface area contributed by atoms with Gasteiger partial charge in [-0.2, -0.15) is 0 Å². The monoisotopic (exact) mass is 347 g/mol. The smallest absolute Gasteiger partial charge is 0.270 e. The van der Waals surface area contributed by atoms with Gasteiger partial charge >= 0.3 is 0 Å². The van der Waals surface area contributed by atoms with Gasteiger partial charge in [-0.1, -0.05) is 0 Å². The van der Waals surface area contributed by atoms with Crippen LogP contribution in [0.5, 0.6) is 0 Å². The second-order valence-electron chi connectivity index (χ2n) is 7.53. The standard InChI is InChI=1S/C18H25N3O4/c1-17(2,3)20-15(22)14-12-13(4-7-19-14)16(23)21-8-5-18(6-9-21)24-10-11-25-18/h4,7,12H,5-6,8-11H2,1-3H3,(H,20,22). The zero-order valence-corrected chi connectivity index (χ0v) is 15.0. The summed E-state index contributed by atoms with van der Waals surface area (Å²) in [6.07, 6.45) is 2.84. The molecule has 0 atom stereocenters. The molecule has 2 aliphatic rings. The number of aromatic nitrogens is 1. The van der Waals surface area contributed by atoms with E-state index in [2.05, 4.69) is 10.3 Å². The zero-order chi connectivity index (χ0) is 18.1. The Labute approximate surface area is 147 Å². The fourth-order valence-corrected chi connectivity index (χ4v) is 3.11. The first kappa shape index (κ1) is 17.8. The summed E-state index contributed by atoms with van der Waals surface area (Å²) in [6, 6.07) is 3.19. The molecule has 25 heavy (non-hydrogen) atoms. The SMILES string of the molecule is CC(C)(C)NC(=O)c1cc(C(=O)N2CCC3(CC2)OCCO3)ccn1. The third-order valence-corrected chi connectivity index (χ3v) is 4.35. The number of hydrogen-bond acceptors (Lipinski definition) is 5. The van der Waals surface area contributed by atoms with Crippen LogP contribution >= 0.6 is 0 Å². The molecular weight excluding hydrogens is 322 g/mol. The fraction of sp³-hybridized carbons (Fsp3) is 0.611. The van der Waals surface area contributed by atoms with Gasteiger partial charge < -0.3 is 19.7 Å². The number of carbonyl (C=O) groups is 2. The van der Waals surface area contributed by atoms with Crippen molar-refractivity contribution in [3.8, 4) is 0 Å². The number of likely N-dealkylation sites (tertiary alicyclic amines) is 1. The summed E-state index contributed by atoms with van der Waals surface area (Å²) in [7, 11) is 0. The van der Waals surface area contributed by atoms with Gasteiger partial charge in [0.25, 0.3) is 11.8 Å². The highest BCUT2D eigenvalue weighted by atomic mass is 16.7. The fourth-order valence-electron chi connectivity index (χ4n) is 3.11. The molecule has 2 saturated heterocycles. The lowest BCUT2D eigenvalue weighted by Gasteiger charge is -2.37. The molecule has 7 nitrogen and oxygen atoms in total. The second-order valence-corrected chi connectivity index (χ2v) is 7.53. The third kappa shape index (κ3) is 4.16. The number of nitrogens with zero attached hydrogens (tertiary/aromatic N) is 2. The Balaban J connectivity index is 1.67. The van der Waals surface area contributed by atoms with Crippen LogP contribution < -0.4 is 5.32 Å². The molecule has 136 valence electrons. The number of hydrogen-bond donors (Lipinski definition) is 1. The van der Waals surface area contributed by atoms with Gasteiger partial charge in [-0.15, -0.1) is 0 Å². The van der Waals surface area contributed by atoms with Crippen LogP contribution in [0.3, 0.4) is 0 Å². The molecule has 1 N–H and O–H groups in total. The van der Waals surface area contributed by atoms with Crippen LogP contribution in [0.1, 0.15) is 54.5 Å². The van der Waals surface area contributed by atoms with Crippen molar-refractivity contribution in [2.24, 2.45) is 0 Å². The molecule has 1 aromatic rings. The largest absolute Gasteiger partial charge is 0.347 e. The molecule has 0 radical (unpaired) electrons. The Bertz CT molecular complexity index is 653. The van der Waals surface area contributed by atoms with Gasteiger partial charge in [0.05, 0.1) is 13.2 Å². The average Bonchev–Trinajstić information content (AvgIpc) is 3.02. The molecule has 0 aromatic carbocycles. The van der Waals surface area contributed by atoms with Crippen molar-refractivity contribution in [1.29, 1.82) is 0 Å². The molecule has 0 aliphatic carbocycles. The summed E-state index contributed by atoms with van der Waals surface area (Å²) in [5.74, 6) is -0.889. The van der Waals surface area contributed by atoms with Crippen molar-refractivity contribution in [3.05, 3.63) is 29.6 Å². The van der Waals surface area contributed by atoms with E-state index in [0.29, 0.717) is 44.7 Å². The molecule has 1 aromatic heterocycles. The lowest BCUT2D eigenvalue weighted by molar-refractivity contribution is -0.181. The van der Waals surface area contributed by atoms with Crippen LogP contribution in [0.4, 0.5) is 0 Å². The average molecular weight is 347 g/mol. The van der Waals surface area contributed by atoms with Crippen LogP contribution in [0.25, 0.3) is 0 Å². The minimum absolute atomic E-state index is 0.0972. The van der Waals surface area contributed by atoms with E-state index in [9.17, 15) is 9.59 Å². The Hall–Kier alpha value is -1.99. The van der Waals surface area contributed by atoms with Crippen LogP contribution in [0.15, 0.2) is 18.3 Å². The van der Waals surface area contributed by atoms with Gasteiger partial charge in [0.2, 0.25) is 0 Å². The maximum absolute atomic E-state index is 12.7. The molecule has 0 saturated carbocycles. The van der Waals surface area contributed by atoms with Crippen molar-refractivity contribution in [2.45, 2.75) is 44.9 Å². The molecule has 2 aliphatic heterocycles. The Morgan fingerprint density at radius 1 is 1.20 bits per heavy atom. The molecule has 3 rings (SSSR count). The molecule has 7 heteroatoms. The Morgan fingerprint density at radius 2 is 1.84 bits per heavy atom. The third-order valence-electron chi connectivity index (χ3n) is 4.35. The lowest BCUT2D eigenvalue weighted by Crippen LogP contribution is -2.47. The number of nitrogens with one attached hydrogen (secondary N) is 1. The number of rotatable bonds is 2. The van der Waals surface area contributed by atoms with Crippen LogP contribution in [0.2, 0.25) is 0 Å². The predicted octanol–water partition coefficient (Wildman–Crippen LogP) is 1.59. The summed E-state index contributed by atoms with van der Waals surface area (Å²) in [6.45, 7) is 8.08. The van der Waals surface area contributed by atoms with Crippen molar-refractivity contribution in [3.63, 3.8) is 0 Å². The summed E-state index contributed by atoms with van der Waals surface area (Å²) >= 11 is 0. The first-order valence-electron chi connectivity index (χ1n) is 8.64. The van der Waals surface area contributed by atoms with Crippen LogP contribution in [0, 0.1) is 0 Å². The van der Waals surface area contributed by atoms with Gasteiger partial charge in [0.15, 0.2) is 5.79 Å². The van der Waals surface area contributed by atoms with E-state index >= 15 is 0 Å². The van der Waals surface area contributed by atoms with Crippen LogP contribution in [-0.4, -0.2) is 59.3 Å². The highest BCUT2D eigenvalue weighted by Gasteiger charge is 2.40. The summed E-state index contributed by atoms with van der Waals surface area (Å²) in [5.41, 5.74) is 0.358. The first-order chi connectivity index (χ1) is 11.8. The van der Waals surface area contributed by atoms with Crippen LogP contribution in [-0.2, 0) is 9.47 Å².